The van der Waals surface area contributed by atoms with Crippen LogP contribution >= 0.6 is 0 Å². The van der Waals surface area contributed by atoms with Crippen LogP contribution in [0.2, 0.25) is 0 Å². The van der Waals surface area contributed by atoms with Crippen LogP contribution in [-0.2, 0) is 9.47 Å². The van der Waals surface area contributed by atoms with Gasteiger partial charge in [-0.3, -0.25) is 0 Å². The molecule has 4 rings (SSSR count). The van der Waals surface area contributed by atoms with Crippen molar-refractivity contribution >= 4 is 0 Å². The van der Waals surface area contributed by atoms with E-state index >= 15 is 0 Å². The fourth-order valence-corrected chi connectivity index (χ4v) is 4.54. The summed E-state index contributed by atoms with van der Waals surface area (Å²) in [5.41, 5.74) is 0.242. The molecule has 0 saturated heterocycles. The molecule has 4 bridgehead atoms. The van der Waals surface area contributed by atoms with Crippen molar-refractivity contribution < 1.29 is 9.47 Å². The van der Waals surface area contributed by atoms with E-state index in [-0.39, 0.29) is 5.60 Å². The highest BCUT2D eigenvalue weighted by atomic mass is 16.5. The molecule has 0 heterocycles. The standard InChI is InChI=1S/C12H20O2/c1-13-11-9-3-8-4-10(11)7-12(5-8,6-9)14-2/h8-11H,3-7H2,1-2H3/t8?,9-,10+,11?,12?. The molecule has 0 aromatic carbocycles. The van der Waals surface area contributed by atoms with Crippen molar-refractivity contribution in [3.63, 3.8) is 0 Å². The smallest absolute Gasteiger partial charge is 0.0688 e. The third kappa shape index (κ3) is 1.10. The summed E-state index contributed by atoms with van der Waals surface area (Å²) >= 11 is 0. The van der Waals surface area contributed by atoms with E-state index in [1.807, 2.05) is 14.2 Å². The largest absolute Gasteiger partial charge is 0.381 e. The van der Waals surface area contributed by atoms with E-state index in [2.05, 4.69) is 0 Å². The van der Waals surface area contributed by atoms with Gasteiger partial charge in [-0.1, -0.05) is 0 Å². The summed E-state index contributed by atoms with van der Waals surface area (Å²) < 4.78 is 11.4. The molecule has 14 heavy (non-hydrogen) atoms. The van der Waals surface area contributed by atoms with E-state index in [0.29, 0.717) is 6.10 Å². The molecule has 4 aliphatic rings. The fourth-order valence-electron chi connectivity index (χ4n) is 4.54. The Morgan fingerprint density at radius 1 is 1.00 bits per heavy atom. The molecule has 4 aliphatic carbocycles. The number of ether oxygens (including phenoxy) is 2. The van der Waals surface area contributed by atoms with E-state index < -0.39 is 0 Å². The van der Waals surface area contributed by atoms with Crippen LogP contribution < -0.4 is 0 Å². The first-order chi connectivity index (χ1) is 6.76. The summed E-state index contributed by atoms with van der Waals surface area (Å²) in [5, 5.41) is 0. The number of methoxy groups -OCH3 is 2. The lowest BCUT2D eigenvalue weighted by Gasteiger charge is -2.58. The Balaban J connectivity index is 1.88. The van der Waals surface area contributed by atoms with Gasteiger partial charge in [0, 0.05) is 14.2 Å². The first-order valence-corrected chi connectivity index (χ1v) is 5.84. The van der Waals surface area contributed by atoms with Crippen molar-refractivity contribution in [2.24, 2.45) is 17.8 Å². The van der Waals surface area contributed by atoms with Gasteiger partial charge in [0.2, 0.25) is 0 Å². The van der Waals surface area contributed by atoms with Crippen molar-refractivity contribution in [3.8, 4) is 0 Å². The Kier molecular flexibility index (Phi) is 1.94. The minimum atomic E-state index is 0.242. The number of hydrogen-bond donors (Lipinski definition) is 0. The van der Waals surface area contributed by atoms with Crippen LogP contribution in [-0.4, -0.2) is 25.9 Å². The average molecular weight is 196 g/mol. The molecule has 0 aromatic rings. The third-order valence-corrected chi connectivity index (χ3v) is 4.84. The molecule has 4 saturated carbocycles. The highest BCUT2D eigenvalue weighted by Gasteiger charge is 2.55. The summed E-state index contributed by atoms with van der Waals surface area (Å²) in [6.07, 6.45) is 7.12. The molecule has 5 atom stereocenters. The first-order valence-electron chi connectivity index (χ1n) is 5.84. The van der Waals surface area contributed by atoms with Gasteiger partial charge in [0.1, 0.15) is 0 Å². The summed E-state index contributed by atoms with van der Waals surface area (Å²) in [6, 6.07) is 0. The normalized spacial score (nSPS) is 55.3. The molecule has 4 fully saturated rings. The highest BCUT2D eigenvalue weighted by Crippen LogP contribution is 2.57. The van der Waals surface area contributed by atoms with Gasteiger partial charge in [0.05, 0.1) is 11.7 Å². The topological polar surface area (TPSA) is 18.5 Å². The van der Waals surface area contributed by atoms with Crippen LogP contribution in [0, 0.1) is 17.8 Å². The van der Waals surface area contributed by atoms with Crippen LogP contribution in [0.15, 0.2) is 0 Å². The van der Waals surface area contributed by atoms with Crippen molar-refractivity contribution in [2.45, 2.75) is 43.8 Å². The molecule has 80 valence electrons. The molecule has 0 radical (unpaired) electrons. The minimum Gasteiger partial charge on any atom is -0.381 e. The van der Waals surface area contributed by atoms with E-state index in [0.717, 1.165) is 17.8 Å². The quantitative estimate of drug-likeness (QED) is 0.674. The molecule has 0 spiro atoms. The van der Waals surface area contributed by atoms with Gasteiger partial charge in [-0.05, 0) is 49.9 Å². The monoisotopic (exact) mass is 196 g/mol. The second-order valence-corrected chi connectivity index (χ2v) is 5.56. The lowest BCUT2D eigenvalue weighted by molar-refractivity contribution is -0.195. The maximum absolute atomic E-state index is 5.79. The van der Waals surface area contributed by atoms with Crippen LogP contribution in [0.3, 0.4) is 0 Å². The van der Waals surface area contributed by atoms with Crippen LogP contribution in [0.4, 0.5) is 0 Å². The van der Waals surface area contributed by atoms with Crippen molar-refractivity contribution in [1.29, 1.82) is 0 Å². The van der Waals surface area contributed by atoms with Gasteiger partial charge in [-0.15, -0.1) is 0 Å². The Hall–Kier alpha value is -0.0800. The molecule has 2 nitrogen and oxygen atoms in total. The van der Waals surface area contributed by atoms with Crippen LogP contribution in [0.25, 0.3) is 0 Å². The average Bonchev–Trinajstić information content (AvgIpc) is 2.17. The molecule has 0 amide bonds. The summed E-state index contributed by atoms with van der Waals surface area (Å²) in [6.45, 7) is 0. The van der Waals surface area contributed by atoms with Gasteiger partial charge in [0.25, 0.3) is 0 Å². The number of hydrogen-bond acceptors (Lipinski definition) is 2. The second kappa shape index (κ2) is 2.96. The van der Waals surface area contributed by atoms with E-state index in [1.165, 1.54) is 32.1 Å². The van der Waals surface area contributed by atoms with Gasteiger partial charge >= 0.3 is 0 Å². The van der Waals surface area contributed by atoms with E-state index in [4.69, 9.17) is 9.47 Å². The minimum absolute atomic E-state index is 0.242. The van der Waals surface area contributed by atoms with Crippen molar-refractivity contribution in [3.05, 3.63) is 0 Å². The van der Waals surface area contributed by atoms with Gasteiger partial charge in [-0.2, -0.15) is 0 Å². The lowest BCUT2D eigenvalue weighted by atomic mass is 9.53. The maximum atomic E-state index is 5.79. The first kappa shape index (κ1) is 9.17. The summed E-state index contributed by atoms with van der Waals surface area (Å²) in [7, 11) is 3.78. The molecule has 3 unspecified atom stereocenters. The lowest BCUT2D eigenvalue weighted by Crippen LogP contribution is -2.58. The molecule has 0 aromatic heterocycles. The van der Waals surface area contributed by atoms with Crippen molar-refractivity contribution in [1.82, 2.24) is 0 Å². The van der Waals surface area contributed by atoms with Gasteiger partial charge in [-0.25, -0.2) is 0 Å². The summed E-state index contributed by atoms with van der Waals surface area (Å²) in [4.78, 5) is 0. The Labute approximate surface area is 86.0 Å². The Morgan fingerprint density at radius 3 is 2.14 bits per heavy atom. The Morgan fingerprint density at radius 2 is 1.64 bits per heavy atom. The predicted octanol–water partition coefficient (Wildman–Crippen LogP) is 2.23. The SMILES string of the molecule is COC1[C@@H]2CC3C[C@H]1CC(OC)(C3)C2. The van der Waals surface area contributed by atoms with Gasteiger partial charge < -0.3 is 9.47 Å². The van der Waals surface area contributed by atoms with Crippen LogP contribution in [0.5, 0.6) is 0 Å². The Bertz CT molecular complexity index is 222. The number of rotatable bonds is 2. The maximum Gasteiger partial charge on any atom is 0.0688 e. The third-order valence-electron chi connectivity index (χ3n) is 4.84. The zero-order valence-electron chi connectivity index (χ0n) is 9.16. The molecule has 2 heteroatoms. The van der Waals surface area contributed by atoms with Gasteiger partial charge in [0.15, 0.2) is 0 Å². The zero-order valence-corrected chi connectivity index (χ0v) is 9.16. The van der Waals surface area contributed by atoms with Crippen molar-refractivity contribution in [2.75, 3.05) is 14.2 Å². The van der Waals surface area contributed by atoms with E-state index in [9.17, 15) is 0 Å². The highest BCUT2D eigenvalue weighted by molar-refractivity contribution is 5.06. The van der Waals surface area contributed by atoms with Crippen LogP contribution in [0.1, 0.15) is 32.1 Å². The molecule has 0 aliphatic heterocycles. The molecular formula is C12H20O2. The predicted molar refractivity (Wildman–Crippen MR) is 54.1 cm³/mol. The fraction of sp³-hybridized carbons (Fsp3) is 1.00. The zero-order chi connectivity index (χ0) is 9.76. The second-order valence-electron chi connectivity index (χ2n) is 5.56. The van der Waals surface area contributed by atoms with E-state index in [1.54, 1.807) is 0 Å². The molecule has 0 N–H and O–H groups in total. The molecular weight excluding hydrogens is 176 g/mol. The summed E-state index contributed by atoms with van der Waals surface area (Å²) in [5.74, 6) is 2.50.